The Morgan fingerprint density at radius 1 is 1.29 bits per heavy atom. The summed E-state index contributed by atoms with van der Waals surface area (Å²) < 4.78 is 0. The fourth-order valence-corrected chi connectivity index (χ4v) is 2.47. The fraction of sp³-hybridized carbons (Fsp3) is 0.923. The molecular weight excluding hydrogens is 214 g/mol. The maximum atomic E-state index is 11.3. The Bertz CT molecular complexity index is 221. The van der Waals surface area contributed by atoms with Gasteiger partial charge in [-0.05, 0) is 6.42 Å². The van der Waals surface area contributed by atoms with Gasteiger partial charge in [-0.1, -0.05) is 45.4 Å². The van der Waals surface area contributed by atoms with Crippen molar-refractivity contribution in [3.8, 4) is 0 Å². The zero-order chi connectivity index (χ0) is 12.5. The van der Waals surface area contributed by atoms with Crippen LogP contribution < -0.4 is 11.1 Å². The van der Waals surface area contributed by atoms with Crippen LogP contribution in [-0.2, 0) is 0 Å². The average Bonchev–Trinajstić information content (AvgIpc) is 2.34. The van der Waals surface area contributed by atoms with Gasteiger partial charge in [0, 0.05) is 25.7 Å². The molecule has 4 nitrogen and oxygen atoms in total. The van der Waals surface area contributed by atoms with Gasteiger partial charge in [0.15, 0.2) is 0 Å². The predicted octanol–water partition coefficient (Wildman–Crippen LogP) is 2.09. The van der Waals surface area contributed by atoms with Gasteiger partial charge in [0.25, 0.3) is 0 Å². The zero-order valence-corrected chi connectivity index (χ0v) is 11.1. The van der Waals surface area contributed by atoms with Crippen molar-refractivity contribution in [1.29, 1.82) is 0 Å². The number of nitrogens with two attached hydrogens (primary N) is 1. The highest BCUT2D eigenvalue weighted by Crippen LogP contribution is 2.13. The van der Waals surface area contributed by atoms with E-state index in [9.17, 15) is 4.79 Å². The molecule has 1 atom stereocenters. The summed E-state index contributed by atoms with van der Waals surface area (Å²) in [6.07, 6.45) is 8.88. The smallest absolute Gasteiger partial charge is 0.315 e. The molecule has 0 spiro atoms. The van der Waals surface area contributed by atoms with Crippen LogP contribution in [0.5, 0.6) is 0 Å². The first kappa shape index (κ1) is 14.3. The first-order valence-corrected chi connectivity index (χ1v) is 7.02. The lowest BCUT2D eigenvalue weighted by molar-refractivity contribution is 0.160. The molecule has 17 heavy (non-hydrogen) atoms. The molecule has 0 radical (unpaired) electrons. The van der Waals surface area contributed by atoms with Gasteiger partial charge in [-0.15, -0.1) is 0 Å². The Labute approximate surface area is 105 Å². The van der Waals surface area contributed by atoms with Gasteiger partial charge < -0.3 is 16.0 Å². The molecule has 0 bridgehead atoms. The van der Waals surface area contributed by atoms with Crippen LogP contribution >= 0.6 is 0 Å². The van der Waals surface area contributed by atoms with E-state index < -0.39 is 0 Å². The monoisotopic (exact) mass is 241 g/mol. The summed E-state index contributed by atoms with van der Waals surface area (Å²) in [5.41, 5.74) is 5.39. The fourth-order valence-electron chi connectivity index (χ4n) is 2.47. The third-order valence-corrected chi connectivity index (χ3v) is 3.52. The average molecular weight is 241 g/mol. The summed E-state index contributed by atoms with van der Waals surface area (Å²) in [7, 11) is 0. The molecule has 1 heterocycles. The summed E-state index contributed by atoms with van der Waals surface area (Å²) in [6, 6.07) is 0.0508. The number of piperazine rings is 1. The second kappa shape index (κ2) is 8.34. The van der Waals surface area contributed by atoms with Crippen LogP contribution in [0.1, 0.15) is 51.9 Å². The van der Waals surface area contributed by atoms with Gasteiger partial charge in [-0.2, -0.15) is 0 Å². The van der Waals surface area contributed by atoms with Gasteiger partial charge in [0.2, 0.25) is 0 Å². The lowest BCUT2D eigenvalue weighted by Gasteiger charge is -2.35. The zero-order valence-electron chi connectivity index (χ0n) is 11.1. The molecule has 1 saturated heterocycles. The number of urea groups is 1. The van der Waals surface area contributed by atoms with Crippen molar-refractivity contribution in [3.05, 3.63) is 0 Å². The Morgan fingerprint density at radius 3 is 2.71 bits per heavy atom. The lowest BCUT2D eigenvalue weighted by Crippen LogP contribution is -2.55. The van der Waals surface area contributed by atoms with Gasteiger partial charge in [-0.3, -0.25) is 0 Å². The van der Waals surface area contributed by atoms with E-state index in [1.54, 1.807) is 0 Å². The minimum absolute atomic E-state index is 0.262. The van der Waals surface area contributed by atoms with Crippen molar-refractivity contribution < 1.29 is 4.79 Å². The molecule has 4 heteroatoms. The van der Waals surface area contributed by atoms with Crippen molar-refractivity contribution in [2.45, 2.75) is 57.9 Å². The molecule has 0 aromatic carbocycles. The summed E-state index contributed by atoms with van der Waals surface area (Å²) in [4.78, 5) is 13.1. The normalized spacial score (nSPS) is 20.5. The van der Waals surface area contributed by atoms with E-state index in [0.29, 0.717) is 6.04 Å². The molecule has 0 aromatic rings. The van der Waals surface area contributed by atoms with Crippen molar-refractivity contribution in [1.82, 2.24) is 10.2 Å². The molecule has 0 saturated carbocycles. The topological polar surface area (TPSA) is 58.4 Å². The Morgan fingerprint density at radius 2 is 2.00 bits per heavy atom. The predicted molar refractivity (Wildman–Crippen MR) is 70.9 cm³/mol. The van der Waals surface area contributed by atoms with E-state index >= 15 is 0 Å². The maximum Gasteiger partial charge on any atom is 0.315 e. The van der Waals surface area contributed by atoms with E-state index in [0.717, 1.165) is 26.1 Å². The number of carbonyl (C=O) groups excluding carboxylic acids is 1. The van der Waals surface area contributed by atoms with E-state index in [4.69, 9.17) is 5.73 Å². The van der Waals surface area contributed by atoms with Crippen LogP contribution in [0.3, 0.4) is 0 Å². The van der Waals surface area contributed by atoms with Crippen molar-refractivity contribution >= 4 is 6.03 Å². The minimum atomic E-state index is -0.262. The first-order chi connectivity index (χ1) is 8.25. The molecule has 2 amide bonds. The minimum Gasteiger partial charge on any atom is -0.351 e. The van der Waals surface area contributed by atoms with Crippen LogP contribution in [0.25, 0.3) is 0 Å². The highest BCUT2D eigenvalue weighted by atomic mass is 16.2. The molecule has 1 aliphatic heterocycles. The number of amides is 2. The summed E-state index contributed by atoms with van der Waals surface area (Å²) in [5.74, 6) is 0. The van der Waals surface area contributed by atoms with E-state index in [2.05, 4.69) is 12.2 Å². The van der Waals surface area contributed by atoms with Crippen LogP contribution in [0, 0.1) is 0 Å². The lowest BCUT2D eigenvalue weighted by atomic mass is 10.0. The number of nitrogens with zero attached hydrogens (tertiary/aromatic N) is 1. The molecule has 1 rings (SSSR count). The van der Waals surface area contributed by atoms with Crippen LogP contribution in [-0.4, -0.2) is 36.6 Å². The van der Waals surface area contributed by atoms with Gasteiger partial charge in [0.05, 0.1) is 0 Å². The van der Waals surface area contributed by atoms with Crippen molar-refractivity contribution in [3.63, 3.8) is 0 Å². The van der Waals surface area contributed by atoms with Gasteiger partial charge in [-0.25, -0.2) is 4.79 Å². The first-order valence-electron chi connectivity index (χ1n) is 7.02. The largest absolute Gasteiger partial charge is 0.351 e. The standard InChI is InChI=1S/C13H27N3O/c1-2-3-4-5-6-7-8-12-11-15-9-10-16(12)13(14)17/h12,15H,2-11H2,1H3,(H2,14,17). The third kappa shape index (κ3) is 5.39. The van der Waals surface area contributed by atoms with E-state index in [1.807, 2.05) is 4.90 Å². The summed E-state index contributed by atoms with van der Waals surface area (Å²) in [5, 5.41) is 3.33. The SMILES string of the molecule is CCCCCCCCC1CNCCN1C(N)=O. The molecular formula is C13H27N3O. The van der Waals surface area contributed by atoms with Crippen molar-refractivity contribution in [2.24, 2.45) is 5.73 Å². The number of nitrogens with one attached hydrogen (secondary N) is 1. The summed E-state index contributed by atoms with van der Waals surface area (Å²) in [6.45, 7) is 4.77. The van der Waals surface area contributed by atoms with E-state index in [-0.39, 0.29) is 6.03 Å². The molecule has 100 valence electrons. The highest BCUT2D eigenvalue weighted by Gasteiger charge is 2.23. The van der Waals surface area contributed by atoms with Crippen LogP contribution in [0.15, 0.2) is 0 Å². The Balaban J connectivity index is 2.13. The third-order valence-electron chi connectivity index (χ3n) is 3.52. The molecule has 3 N–H and O–H groups in total. The second-order valence-electron chi connectivity index (χ2n) is 4.95. The molecule has 1 fully saturated rings. The maximum absolute atomic E-state index is 11.3. The van der Waals surface area contributed by atoms with Gasteiger partial charge >= 0.3 is 6.03 Å². The quantitative estimate of drug-likeness (QED) is 0.671. The van der Waals surface area contributed by atoms with Gasteiger partial charge in [0.1, 0.15) is 0 Å². The molecule has 1 unspecified atom stereocenters. The molecule has 1 aliphatic rings. The van der Waals surface area contributed by atoms with Crippen LogP contribution in [0.4, 0.5) is 4.79 Å². The second-order valence-corrected chi connectivity index (χ2v) is 4.95. The van der Waals surface area contributed by atoms with E-state index in [1.165, 1.54) is 38.5 Å². The number of unbranched alkanes of at least 4 members (excludes halogenated alkanes) is 5. The number of primary amides is 1. The number of hydrogen-bond acceptors (Lipinski definition) is 2. The number of rotatable bonds is 7. The van der Waals surface area contributed by atoms with Crippen LogP contribution in [0.2, 0.25) is 0 Å². The number of hydrogen-bond donors (Lipinski definition) is 2. The Hall–Kier alpha value is -0.770. The molecule has 0 aromatic heterocycles. The molecule has 0 aliphatic carbocycles. The highest BCUT2D eigenvalue weighted by molar-refractivity contribution is 5.72. The Kier molecular flexibility index (Phi) is 7.01. The van der Waals surface area contributed by atoms with Crippen molar-refractivity contribution in [2.75, 3.05) is 19.6 Å². The number of carbonyl (C=O) groups is 1. The summed E-state index contributed by atoms with van der Waals surface area (Å²) >= 11 is 0.